The molecule has 0 aliphatic heterocycles. The molecule has 4 aromatic rings. The van der Waals surface area contributed by atoms with Crippen LogP contribution < -0.4 is 5.32 Å². The van der Waals surface area contributed by atoms with E-state index in [4.69, 9.17) is 16.0 Å². The maximum absolute atomic E-state index is 12.2. The van der Waals surface area contributed by atoms with Gasteiger partial charge in [-0.2, -0.15) is 0 Å². The summed E-state index contributed by atoms with van der Waals surface area (Å²) in [6.07, 6.45) is 1.89. The Labute approximate surface area is 148 Å². The molecular formula is C19H14ClN3O2. The summed E-state index contributed by atoms with van der Waals surface area (Å²) in [6.45, 7) is 0. The predicted molar refractivity (Wildman–Crippen MR) is 97.6 cm³/mol. The van der Waals surface area contributed by atoms with Crippen molar-refractivity contribution in [2.45, 2.75) is 6.42 Å². The minimum Gasteiger partial charge on any atom is -0.461 e. The highest BCUT2D eigenvalue weighted by molar-refractivity contribution is 6.30. The second-order valence-corrected chi connectivity index (χ2v) is 6.08. The van der Waals surface area contributed by atoms with Crippen LogP contribution in [0.2, 0.25) is 5.02 Å². The van der Waals surface area contributed by atoms with Crippen molar-refractivity contribution in [1.82, 2.24) is 9.97 Å². The average molecular weight is 352 g/mol. The Morgan fingerprint density at radius 2 is 2.00 bits per heavy atom. The number of fused-ring (bicyclic) bond motifs is 1. The molecule has 124 valence electrons. The monoisotopic (exact) mass is 351 g/mol. The molecule has 2 aromatic heterocycles. The zero-order valence-electron chi connectivity index (χ0n) is 13.1. The van der Waals surface area contributed by atoms with Crippen LogP contribution in [-0.2, 0) is 11.2 Å². The first-order chi connectivity index (χ1) is 12.2. The van der Waals surface area contributed by atoms with Crippen LogP contribution in [0.4, 0.5) is 5.69 Å². The summed E-state index contributed by atoms with van der Waals surface area (Å²) in [6, 6.07) is 16.4. The number of benzene rings is 2. The lowest BCUT2D eigenvalue weighted by atomic mass is 10.1. The minimum absolute atomic E-state index is 0.0903. The maximum Gasteiger partial charge on any atom is 0.228 e. The quantitative estimate of drug-likeness (QED) is 0.562. The number of H-pyrrole nitrogens is 1. The van der Waals surface area contributed by atoms with E-state index in [9.17, 15) is 4.79 Å². The molecule has 0 bridgehead atoms. The molecule has 0 spiro atoms. The molecule has 0 unspecified atom stereocenters. The van der Waals surface area contributed by atoms with Gasteiger partial charge in [-0.25, -0.2) is 4.98 Å². The van der Waals surface area contributed by atoms with Crippen molar-refractivity contribution in [3.63, 3.8) is 0 Å². The van der Waals surface area contributed by atoms with Crippen LogP contribution in [0.3, 0.4) is 0 Å². The van der Waals surface area contributed by atoms with Crippen molar-refractivity contribution in [2.75, 3.05) is 5.32 Å². The molecule has 25 heavy (non-hydrogen) atoms. The summed E-state index contributed by atoms with van der Waals surface area (Å²) in [7, 11) is 0. The molecule has 0 fully saturated rings. The Bertz CT molecular complexity index is 1020. The van der Waals surface area contributed by atoms with E-state index in [1.165, 1.54) is 0 Å². The molecule has 4 rings (SSSR count). The third-order valence-electron chi connectivity index (χ3n) is 3.80. The average Bonchev–Trinajstić information content (AvgIpc) is 3.25. The molecule has 6 heteroatoms. The van der Waals surface area contributed by atoms with Gasteiger partial charge in [-0.3, -0.25) is 4.79 Å². The summed E-state index contributed by atoms with van der Waals surface area (Å²) >= 11 is 5.86. The normalized spacial score (nSPS) is 10.9. The summed E-state index contributed by atoms with van der Waals surface area (Å²) in [5, 5.41) is 3.55. The highest BCUT2D eigenvalue weighted by Crippen LogP contribution is 2.23. The lowest BCUT2D eigenvalue weighted by Crippen LogP contribution is -2.14. The van der Waals surface area contributed by atoms with Crippen LogP contribution in [0, 0.1) is 0 Å². The molecule has 0 aliphatic carbocycles. The summed E-state index contributed by atoms with van der Waals surface area (Å²) < 4.78 is 5.35. The van der Waals surface area contributed by atoms with Gasteiger partial charge in [0.05, 0.1) is 23.7 Å². The van der Waals surface area contributed by atoms with Crippen molar-refractivity contribution < 1.29 is 9.21 Å². The van der Waals surface area contributed by atoms with Crippen LogP contribution >= 0.6 is 11.6 Å². The number of aromatic amines is 1. The van der Waals surface area contributed by atoms with E-state index in [0.717, 1.165) is 16.6 Å². The van der Waals surface area contributed by atoms with Crippen LogP contribution in [0.25, 0.3) is 22.6 Å². The number of halogens is 1. The first kappa shape index (κ1) is 15.5. The molecule has 0 saturated heterocycles. The predicted octanol–water partition coefficient (Wildman–Crippen LogP) is 4.66. The van der Waals surface area contributed by atoms with Crippen molar-refractivity contribution in [3.05, 3.63) is 71.4 Å². The number of anilines is 1. The van der Waals surface area contributed by atoms with E-state index in [1.54, 1.807) is 18.4 Å². The van der Waals surface area contributed by atoms with Gasteiger partial charge in [0, 0.05) is 10.7 Å². The standard InChI is InChI=1S/C19H14ClN3O2/c20-13-5-3-12(4-6-13)10-18(24)21-14-7-8-15-16(11-14)23-19(22-15)17-2-1-9-25-17/h1-9,11H,10H2,(H,21,24)(H,22,23). The highest BCUT2D eigenvalue weighted by atomic mass is 35.5. The molecule has 0 saturated carbocycles. The molecule has 2 heterocycles. The van der Waals surface area contributed by atoms with Gasteiger partial charge in [-0.05, 0) is 48.0 Å². The number of nitrogens with one attached hydrogen (secondary N) is 2. The number of amides is 1. The number of imidazole rings is 1. The third-order valence-corrected chi connectivity index (χ3v) is 4.05. The molecular weight excluding hydrogens is 338 g/mol. The third kappa shape index (κ3) is 3.41. The Hall–Kier alpha value is -3.05. The van der Waals surface area contributed by atoms with Gasteiger partial charge in [-0.1, -0.05) is 23.7 Å². The molecule has 2 N–H and O–H groups in total. The van der Waals surface area contributed by atoms with Gasteiger partial charge in [0.15, 0.2) is 11.6 Å². The van der Waals surface area contributed by atoms with Crippen molar-refractivity contribution in [3.8, 4) is 11.6 Å². The molecule has 5 nitrogen and oxygen atoms in total. The number of rotatable bonds is 4. The van der Waals surface area contributed by atoms with E-state index in [2.05, 4.69) is 15.3 Å². The number of nitrogens with zero attached hydrogens (tertiary/aromatic N) is 1. The molecule has 0 aliphatic rings. The molecule has 0 radical (unpaired) electrons. The zero-order chi connectivity index (χ0) is 17.2. The fraction of sp³-hybridized carbons (Fsp3) is 0.0526. The zero-order valence-corrected chi connectivity index (χ0v) is 13.9. The molecule has 0 atom stereocenters. The van der Waals surface area contributed by atoms with Gasteiger partial charge < -0.3 is 14.7 Å². The van der Waals surface area contributed by atoms with E-state index < -0.39 is 0 Å². The van der Waals surface area contributed by atoms with Crippen LogP contribution in [-0.4, -0.2) is 15.9 Å². The summed E-state index contributed by atoms with van der Waals surface area (Å²) in [5.74, 6) is 1.24. The second-order valence-electron chi connectivity index (χ2n) is 5.65. The van der Waals surface area contributed by atoms with Crippen LogP contribution in [0.1, 0.15) is 5.56 Å². The van der Waals surface area contributed by atoms with Gasteiger partial charge in [-0.15, -0.1) is 0 Å². The number of carbonyl (C=O) groups excluding carboxylic acids is 1. The molecule has 2 aromatic carbocycles. The van der Waals surface area contributed by atoms with E-state index in [1.807, 2.05) is 42.5 Å². The van der Waals surface area contributed by atoms with Gasteiger partial charge in [0.1, 0.15) is 0 Å². The first-order valence-electron chi connectivity index (χ1n) is 7.75. The highest BCUT2D eigenvalue weighted by Gasteiger charge is 2.09. The Balaban J connectivity index is 1.51. The SMILES string of the molecule is O=C(Cc1ccc(Cl)cc1)Nc1ccc2nc(-c3ccco3)[nH]c2c1. The van der Waals surface area contributed by atoms with Crippen molar-refractivity contribution >= 4 is 34.2 Å². The maximum atomic E-state index is 12.2. The Morgan fingerprint density at radius 1 is 1.16 bits per heavy atom. The van der Waals surface area contributed by atoms with Gasteiger partial charge in [0.2, 0.25) is 5.91 Å². The minimum atomic E-state index is -0.0903. The lowest BCUT2D eigenvalue weighted by Gasteiger charge is -2.05. The fourth-order valence-electron chi connectivity index (χ4n) is 2.61. The number of hydrogen-bond acceptors (Lipinski definition) is 3. The topological polar surface area (TPSA) is 70.9 Å². The summed E-state index contributed by atoms with van der Waals surface area (Å²) in [4.78, 5) is 19.9. The smallest absolute Gasteiger partial charge is 0.228 e. The van der Waals surface area contributed by atoms with E-state index in [0.29, 0.717) is 22.3 Å². The lowest BCUT2D eigenvalue weighted by molar-refractivity contribution is -0.115. The van der Waals surface area contributed by atoms with Crippen molar-refractivity contribution in [1.29, 1.82) is 0 Å². The van der Waals surface area contributed by atoms with E-state index in [-0.39, 0.29) is 12.3 Å². The van der Waals surface area contributed by atoms with Gasteiger partial charge >= 0.3 is 0 Å². The van der Waals surface area contributed by atoms with Gasteiger partial charge in [0.25, 0.3) is 0 Å². The Morgan fingerprint density at radius 3 is 2.76 bits per heavy atom. The largest absolute Gasteiger partial charge is 0.461 e. The fourth-order valence-corrected chi connectivity index (χ4v) is 2.74. The number of aromatic nitrogens is 2. The Kier molecular flexibility index (Phi) is 3.99. The number of hydrogen-bond donors (Lipinski definition) is 2. The van der Waals surface area contributed by atoms with E-state index >= 15 is 0 Å². The van der Waals surface area contributed by atoms with Crippen LogP contribution in [0.5, 0.6) is 0 Å². The number of carbonyl (C=O) groups is 1. The second kappa shape index (κ2) is 6.45. The van der Waals surface area contributed by atoms with Crippen LogP contribution in [0.15, 0.2) is 65.3 Å². The van der Waals surface area contributed by atoms with Crippen molar-refractivity contribution in [2.24, 2.45) is 0 Å². The first-order valence-corrected chi connectivity index (χ1v) is 8.13. The molecule has 1 amide bonds. The number of furan rings is 1. The summed E-state index contributed by atoms with van der Waals surface area (Å²) in [5.41, 5.74) is 3.25.